The SMILES string of the molecule is CC(C)(C)[C@@]12C=CC(=O)C[C@@H]1C(=O)CO2. The van der Waals surface area contributed by atoms with Gasteiger partial charge in [-0.25, -0.2) is 0 Å². The minimum Gasteiger partial charge on any atom is -0.362 e. The Kier molecular flexibility index (Phi) is 2.12. The van der Waals surface area contributed by atoms with Gasteiger partial charge >= 0.3 is 0 Å². The van der Waals surface area contributed by atoms with Gasteiger partial charge in [0.15, 0.2) is 11.6 Å². The molecule has 0 radical (unpaired) electrons. The lowest BCUT2D eigenvalue weighted by atomic mass is 9.65. The van der Waals surface area contributed by atoms with Crippen molar-refractivity contribution in [3.8, 4) is 0 Å². The lowest BCUT2D eigenvalue weighted by Gasteiger charge is -2.43. The van der Waals surface area contributed by atoms with Gasteiger partial charge in [-0.05, 0) is 17.6 Å². The van der Waals surface area contributed by atoms with Crippen LogP contribution in [-0.2, 0) is 14.3 Å². The Morgan fingerprint density at radius 2 is 2.07 bits per heavy atom. The minimum absolute atomic E-state index is 0.0266. The molecule has 0 aromatic rings. The number of rotatable bonds is 0. The number of carbonyl (C=O) groups is 2. The van der Waals surface area contributed by atoms with Gasteiger partial charge in [-0.1, -0.05) is 20.8 Å². The van der Waals surface area contributed by atoms with Crippen molar-refractivity contribution in [3.05, 3.63) is 12.2 Å². The van der Waals surface area contributed by atoms with Crippen molar-refractivity contribution in [1.82, 2.24) is 0 Å². The van der Waals surface area contributed by atoms with E-state index < -0.39 is 5.60 Å². The number of ketones is 2. The molecule has 0 saturated carbocycles. The highest BCUT2D eigenvalue weighted by atomic mass is 16.5. The number of fused-ring (bicyclic) bond motifs is 1. The molecule has 0 aromatic carbocycles. The van der Waals surface area contributed by atoms with Crippen LogP contribution in [-0.4, -0.2) is 23.8 Å². The molecule has 2 aliphatic rings. The summed E-state index contributed by atoms with van der Waals surface area (Å²) in [5, 5.41) is 0. The zero-order valence-electron chi connectivity index (χ0n) is 9.37. The lowest BCUT2D eigenvalue weighted by molar-refractivity contribution is -0.127. The molecule has 0 amide bonds. The van der Waals surface area contributed by atoms with Crippen molar-refractivity contribution in [1.29, 1.82) is 0 Å². The predicted octanol–water partition coefficient (Wildman–Crippen LogP) is 1.52. The molecular formula is C12H16O3. The maximum absolute atomic E-state index is 11.7. The van der Waals surface area contributed by atoms with E-state index in [-0.39, 0.29) is 29.5 Å². The monoisotopic (exact) mass is 208 g/mol. The fourth-order valence-corrected chi connectivity index (χ4v) is 2.54. The Morgan fingerprint density at radius 1 is 1.40 bits per heavy atom. The molecule has 0 spiro atoms. The van der Waals surface area contributed by atoms with E-state index in [1.54, 1.807) is 12.2 Å². The summed E-state index contributed by atoms with van der Waals surface area (Å²) in [5.41, 5.74) is -0.737. The summed E-state index contributed by atoms with van der Waals surface area (Å²) < 4.78 is 5.68. The van der Waals surface area contributed by atoms with Crippen molar-refractivity contribution in [2.75, 3.05) is 6.61 Å². The van der Waals surface area contributed by atoms with Crippen molar-refractivity contribution in [2.24, 2.45) is 11.3 Å². The number of hydrogen-bond donors (Lipinski definition) is 0. The van der Waals surface area contributed by atoms with Gasteiger partial charge < -0.3 is 4.74 Å². The number of ether oxygens (including phenoxy) is 1. The minimum atomic E-state index is -0.571. The number of allylic oxidation sites excluding steroid dienone is 1. The van der Waals surface area contributed by atoms with E-state index >= 15 is 0 Å². The fourth-order valence-electron chi connectivity index (χ4n) is 2.54. The Labute approximate surface area is 89.5 Å². The van der Waals surface area contributed by atoms with Crippen LogP contribution in [0.5, 0.6) is 0 Å². The van der Waals surface area contributed by atoms with Crippen LogP contribution in [0.3, 0.4) is 0 Å². The first-order valence-corrected chi connectivity index (χ1v) is 5.25. The fraction of sp³-hybridized carbons (Fsp3) is 0.667. The van der Waals surface area contributed by atoms with Crippen molar-refractivity contribution in [3.63, 3.8) is 0 Å². The quantitative estimate of drug-likeness (QED) is 0.606. The smallest absolute Gasteiger partial charge is 0.165 e. The second-order valence-electron chi connectivity index (χ2n) is 5.35. The van der Waals surface area contributed by atoms with Gasteiger partial charge in [-0.2, -0.15) is 0 Å². The van der Waals surface area contributed by atoms with Crippen LogP contribution < -0.4 is 0 Å². The van der Waals surface area contributed by atoms with Crippen LogP contribution in [0.25, 0.3) is 0 Å². The highest BCUT2D eigenvalue weighted by Crippen LogP contribution is 2.48. The van der Waals surface area contributed by atoms with E-state index in [2.05, 4.69) is 0 Å². The van der Waals surface area contributed by atoms with Crippen molar-refractivity contribution < 1.29 is 14.3 Å². The standard InChI is InChI=1S/C12H16O3/c1-11(2,3)12-5-4-8(13)6-9(12)10(14)7-15-12/h4-5,9H,6-7H2,1-3H3/t9-,12-/m1/s1. The van der Waals surface area contributed by atoms with Gasteiger partial charge in [-0.3, -0.25) is 9.59 Å². The third kappa shape index (κ3) is 1.37. The van der Waals surface area contributed by atoms with Crippen molar-refractivity contribution in [2.45, 2.75) is 32.8 Å². The van der Waals surface area contributed by atoms with Gasteiger partial charge in [-0.15, -0.1) is 0 Å². The first-order valence-electron chi connectivity index (χ1n) is 5.25. The van der Waals surface area contributed by atoms with Gasteiger partial charge in [0.1, 0.15) is 12.2 Å². The molecule has 2 atom stereocenters. The molecule has 0 aromatic heterocycles. The van der Waals surface area contributed by atoms with Gasteiger partial charge in [0, 0.05) is 6.42 Å². The second kappa shape index (κ2) is 3.01. The van der Waals surface area contributed by atoms with Crippen LogP contribution in [0.2, 0.25) is 0 Å². The van der Waals surface area contributed by atoms with Crippen molar-refractivity contribution >= 4 is 11.6 Å². The maximum atomic E-state index is 11.7. The second-order valence-corrected chi connectivity index (χ2v) is 5.35. The molecule has 0 unspecified atom stereocenters. The highest BCUT2D eigenvalue weighted by molar-refractivity contribution is 5.98. The Hall–Kier alpha value is -0.960. The summed E-state index contributed by atoms with van der Waals surface area (Å²) in [6, 6.07) is 0. The van der Waals surface area contributed by atoms with E-state index in [0.29, 0.717) is 6.42 Å². The topological polar surface area (TPSA) is 43.4 Å². The molecule has 3 heteroatoms. The summed E-state index contributed by atoms with van der Waals surface area (Å²) >= 11 is 0. The Bertz CT molecular complexity index is 348. The van der Waals surface area contributed by atoms with Crippen LogP contribution in [0.4, 0.5) is 0 Å². The molecule has 0 bridgehead atoms. The molecule has 1 aliphatic heterocycles. The highest BCUT2D eigenvalue weighted by Gasteiger charge is 2.56. The van der Waals surface area contributed by atoms with Crippen LogP contribution in [0.1, 0.15) is 27.2 Å². The van der Waals surface area contributed by atoms with Crippen LogP contribution in [0, 0.1) is 11.3 Å². The maximum Gasteiger partial charge on any atom is 0.165 e. The average molecular weight is 208 g/mol. The molecule has 0 N–H and O–H groups in total. The first-order chi connectivity index (χ1) is 6.87. The van der Waals surface area contributed by atoms with Crippen LogP contribution >= 0.6 is 0 Å². The molecular weight excluding hydrogens is 192 g/mol. The summed E-state index contributed by atoms with van der Waals surface area (Å²) in [6.07, 6.45) is 3.64. The zero-order chi connectivity index (χ0) is 11.3. The summed E-state index contributed by atoms with van der Waals surface area (Å²) in [6.45, 7) is 6.26. The molecule has 82 valence electrons. The van der Waals surface area contributed by atoms with E-state index in [1.165, 1.54) is 0 Å². The third-order valence-electron chi connectivity index (χ3n) is 3.45. The van der Waals surface area contributed by atoms with Gasteiger partial charge in [0.25, 0.3) is 0 Å². The number of carbonyl (C=O) groups excluding carboxylic acids is 2. The molecule has 1 saturated heterocycles. The molecule has 2 rings (SSSR count). The average Bonchev–Trinajstić information content (AvgIpc) is 2.44. The van der Waals surface area contributed by atoms with Gasteiger partial charge in [0.05, 0.1) is 5.92 Å². The largest absolute Gasteiger partial charge is 0.362 e. The number of Topliss-reactive ketones (excluding diaryl/α,β-unsaturated/α-hetero) is 1. The lowest BCUT2D eigenvalue weighted by Crippen LogP contribution is -2.49. The summed E-state index contributed by atoms with van der Waals surface area (Å²) in [4.78, 5) is 23.0. The normalized spacial score (nSPS) is 35.8. The molecule has 1 fully saturated rings. The Balaban J connectivity index is 2.48. The molecule has 1 heterocycles. The van der Waals surface area contributed by atoms with Crippen LogP contribution in [0.15, 0.2) is 12.2 Å². The summed E-state index contributed by atoms with van der Waals surface area (Å²) in [7, 11) is 0. The first kappa shape index (κ1) is 10.6. The Morgan fingerprint density at radius 3 is 2.67 bits per heavy atom. The summed E-state index contributed by atoms with van der Waals surface area (Å²) in [5.74, 6) is -0.198. The number of hydrogen-bond acceptors (Lipinski definition) is 3. The predicted molar refractivity (Wildman–Crippen MR) is 55.4 cm³/mol. The zero-order valence-corrected chi connectivity index (χ0v) is 9.37. The van der Waals surface area contributed by atoms with E-state index in [0.717, 1.165) is 0 Å². The van der Waals surface area contributed by atoms with E-state index in [4.69, 9.17) is 4.74 Å². The van der Waals surface area contributed by atoms with E-state index in [9.17, 15) is 9.59 Å². The molecule has 3 nitrogen and oxygen atoms in total. The van der Waals surface area contributed by atoms with Gasteiger partial charge in [0.2, 0.25) is 0 Å². The molecule has 15 heavy (non-hydrogen) atoms. The molecule has 1 aliphatic carbocycles. The third-order valence-corrected chi connectivity index (χ3v) is 3.45. The van der Waals surface area contributed by atoms with E-state index in [1.807, 2.05) is 20.8 Å².